The van der Waals surface area contributed by atoms with E-state index < -0.39 is 10.0 Å². The maximum atomic E-state index is 13.5. The molecule has 4 rings (SSSR count). The summed E-state index contributed by atoms with van der Waals surface area (Å²) in [6.45, 7) is 4.25. The quantitative estimate of drug-likeness (QED) is 0.410. The van der Waals surface area contributed by atoms with Gasteiger partial charge in [-0.1, -0.05) is 46.9 Å². The molecule has 1 saturated heterocycles. The largest absolute Gasteiger partial charge is 0.304 e. The lowest BCUT2D eigenvalue weighted by molar-refractivity contribution is 0.148. The summed E-state index contributed by atoms with van der Waals surface area (Å²) in [7, 11) is -1.80. The lowest BCUT2D eigenvalue weighted by Gasteiger charge is -2.32. The molecular weight excluding hydrogens is 533 g/mol. The second-order valence-corrected chi connectivity index (χ2v) is 11.1. The molecule has 5 nitrogen and oxygen atoms in total. The topological polar surface area (TPSA) is 45.5 Å². The van der Waals surface area contributed by atoms with Gasteiger partial charge in [0, 0.05) is 48.8 Å². The van der Waals surface area contributed by atoms with E-state index >= 15 is 0 Å². The third kappa shape index (κ3) is 4.01. The van der Waals surface area contributed by atoms with Gasteiger partial charge in [-0.05, 0) is 46.7 Å². The summed E-state index contributed by atoms with van der Waals surface area (Å²) < 4.78 is 28.8. The van der Waals surface area contributed by atoms with Gasteiger partial charge in [0.25, 0.3) is 10.0 Å². The Kier molecular flexibility index (Phi) is 6.43. The molecule has 0 aliphatic carbocycles. The fourth-order valence-electron chi connectivity index (χ4n) is 3.66. The van der Waals surface area contributed by atoms with E-state index in [1.807, 2.05) is 0 Å². The van der Waals surface area contributed by atoms with E-state index in [0.717, 1.165) is 31.7 Å². The number of fused-ring (bicyclic) bond motifs is 1. The molecule has 3 aromatic rings. The standard InChI is InChI=1S/C20H19BrCl3N3O2S/c1-25-6-8-26(9-7-25)11-13-12-27(16-10-15(22)19(23)20(24)18(13)16)30(28,29)17-5-3-2-4-14(17)21/h2-5,10,12H,6-9,11H2,1H3. The zero-order valence-electron chi connectivity index (χ0n) is 16.1. The second kappa shape index (κ2) is 8.62. The Labute approximate surface area is 199 Å². The molecule has 2 heterocycles. The van der Waals surface area contributed by atoms with E-state index in [1.54, 1.807) is 36.5 Å². The van der Waals surface area contributed by atoms with Crippen molar-refractivity contribution in [3.05, 3.63) is 61.6 Å². The summed E-state index contributed by atoms with van der Waals surface area (Å²) in [5.74, 6) is 0. The van der Waals surface area contributed by atoms with Crippen molar-refractivity contribution in [3.63, 3.8) is 0 Å². The van der Waals surface area contributed by atoms with Crippen molar-refractivity contribution in [1.29, 1.82) is 0 Å². The third-order valence-electron chi connectivity index (χ3n) is 5.34. The van der Waals surface area contributed by atoms with Crippen LogP contribution in [0.4, 0.5) is 0 Å². The van der Waals surface area contributed by atoms with E-state index in [0.29, 0.717) is 21.9 Å². The van der Waals surface area contributed by atoms with Crippen molar-refractivity contribution < 1.29 is 8.42 Å². The molecule has 1 aliphatic rings. The maximum absolute atomic E-state index is 13.5. The predicted octanol–water partition coefficient (Wildman–Crippen LogP) is 5.35. The number of nitrogens with zero attached hydrogens (tertiary/aromatic N) is 3. The molecule has 1 aromatic heterocycles. The summed E-state index contributed by atoms with van der Waals surface area (Å²) >= 11 is 22.5. The number of benzene rings is 2. The van der Waals surface area contributed by atoms with Crippen LogP contribution in [0.15, 0.2) is 45.9 Å². The van der Waals surface area contributed by atoms with Crippen LogP contribution < -0.4 is 0 Å². The van der Waals surface area contributed by atoms with Crippen LogP contribution in [0.3, 0.4) is 0 Å². The van der Waals surface area contributed by atoms with Crippen molar-refractivity contribution in [2.45, 2.75) is 11.4 Å². The normalized spacial score (nSPS) is 16.4. The first-order valence-electron chi connectivity index (χ1n) is 9.28. The Morgan fingerprint density at radius 2 is 1.70 bits per heavy atom. The zero-order chi connectivity index (χ0) is 21.6. The lowest BCUT2D eigenvalue weighted by Crippen LogP contribution is -2.43. The van der Waals surface area contributed by atoms with Gasteiger partial charge in [0.1, 0.15) is 4.90 Å². The average Bonchev–Trinajstić information content (AvgIpc) is 3.07. The Bertz CT molecular complexity index is 1220. The first-order valence-corrected chi connectivity index (χ1v) is 12.7. The van der Waals surface area contributed by atoms with Crippen LogP contribution in [0.2, 0.25) is 15.1 Å². The van der Waals surface area contributed by atoms with E-state index in [9.17, 15) is 8.42 Å². The van der Waals surface area contributed by atoms with Gasteiger partial charge in [-0.25, -0.2) is 12.4 Å². The summed E-state index contributed by atoms with van der Waals surface area (Å²) in [6, 6.07) is 8.27. The average molecular weight is 552 g/mol. The van der Waals surface area contributed by atoms with Crippen molar-refractivity contribution in [3.8, 4) is 0 Å². The van der Waals surface area contributed by atoms with Crippen LogP contribution in [-0.2, 0) is 16.6 Å². The van der Waals surface area contributed by atoms with Crippen molar-refractivity contribution >= 4 is 71.7 Å². The molecule has 160 valence electrons. The van der Waals surface area contributed by atoms with Crippen molar-refractivity contribution in [2.24, 2.45) is 0 Å². The van der Waals surface area contributed by atoms with Crippen LogP contribution >= 0.6 is 50.7 Å². The highest BCUT2D eigenvalue weighted by atomic mass is 79.9. The fraction of sp³-hybridized carbons (Fsp3) is 0.300. The minimum absolute atomic E-state index is 0.162. The molecule has 0 bridgehead atoms. The molecule has 1 aliphatic heterocycles. The molecule has 0 saturated carbocycles. The minimum atomic E-state index is -3.89. The summed E-state index contributed by atoms with van der Waals surface area (Å²) in [6.07, 6.45) is 1.64. The van der Waals surface area contributed by atoms with Crippen molar-refractivity contribution in [2.75, 3.05) is 33.2 Å². The van der Waals surface area contributed by atoms with Crippen molar-refractivity contribution in [1.82, 2.24) is 13.8 Å². The Hall–Kier alpha value is -0.800. The van der Waals surface area contributed by atoms with Crippen LogP contribution in [0.25, 0.3) is 10.9 Å². The van der Waals surface area contributed by atoms with Crippen LogP contribution in [0.1, 0.15) is 5.56 Å². The number of halogens is 4. The van der Waals surface area contributed by atoms with Gasteiger partial charge in [0.2, 0.25) is 0 Å². The molecule has 0 unspecified atom stereocenters. The zero-order valence-corrected chi connectivity index (χ0v) is 20.7. The monoisotopic (exact) mass is 549 g/mol. The SMILES string of the molecule is CN1CCN(Cc2cn(S(=O)(=O)c3ccccc3Br)c3cc(Cl)c(Cl)c(Cl)c23)CC1. The third-order valence-corrected chi connectivity index (χ3v) is 9.28. The highest BCUT2D eigenvalue weighted by molar-refractivity contribution is 9.10. The van der Waals surface area contributed by atoms with Gasteiger partial charge in [0.05, 0.1) is 20.6 Å². The maximum Gasteiger partial charge on any atom is 0.269 e. The van der Waals surface area contributed by atoms with Gasteiger partial charge < -0.3 is 4.90 Å². The molecule has 0 N–H and O–H groups in total. The molecule has 0 spiro atoms. The Morgan fingerprint density at radius 1 is 1.03 bits per heavy atom. The van der Waals surface area contributed by atoms with Gasteiger partial charge in [0.15, 0.2) is 0 Å². The van der Waals surface area contributed by atoms with Gasteiger partial charge in [-0.15, -0.1) is 0 Å². The molecule has 10 heteroatoms. The highest BCUT2D eigenvalue weighted by Crippen LogP contribution is 2.41. The Balaban J connectivity index is 1.90. The van der Waals surface area contributed by atoms with E-state index in [-0.39, 0.29) is 20.0 Å². The molecule has 1 fully saturated rings. The fourth-order valence-corrected chi connectivity index (χ4v) is 6.72. The highest BCUT2D eigenvalue weighted by Gasteiger charge is 2.27. The molecule has 0 amide bonds. The molecule has 0 atom stereocenters. The number of hydrogen-bond acceptors (Lipinski definition) is 4. The Morgan fingerprint density at radius 3 is 2.37 bits per heavy atom. The molecule has 0 radical (unpaired) electrons. The number of hydrogen-bond donors (Lipinski definition) is 0. The summed E-state index contributed by atoms with van der Waals surface area (Å²) in [5.41, 5.74) is 1.21. The molecular formula is C20H19BrCl3N3O2S. The number of piperazine rings is 1. The van der Waals surface area contributed by atoms with Gasteiger partial charge >= 0.3 is 0 Å². The number of aromatic nitrogens is 1. The van der Waals surface area contributed by atoms with Crippen LogP contribution in [0.5, 0.6) is 0 Å². The smallest absolute Gasteiger partial charge is 0.269 e. The van der Waals surface area contributed by atoms with E-state index in [4.69, 9.17) is 34.8 Å². The second-order valence-electron chi connectivity index (χ2n) is 7.35. The molecule has 30 heavy (non-hydrogen) atoms. The van der Waals surface area contributed by atoms with Crippen LogP contribution in [-0.4, -0.2) is 55.4 Å². The summed E-state index contributed by atoms with van der Waals surface area (Å²) in [5, 5.41) is 1.31. The lowest BCUT2D eigenvalue weighted by atomic mass is 10.1. The van der Waals surface area contributed by atoms with E-state index in [2.05, 4.69) is 32.8 Å². The van der Waals surface area contributed by atoms with Crippen LogP contribution in [0, 0.1) is 0 Å². The first kappa shape index (κ1) is 22.4. The summed E-state index contributed by atoms with van der Waals surface area (Å²) in [4.78, 5) is 4.71. The van der Waals surface area contributed by atoms with E-state index in [1.165, 1.54) is 3.97 Å². The van der Waals surface area contributed by atoms with Gasteiger partial charge in [-0.2, -0.15) is 0 Å². The minimum Gasteiger partial charge on any atom is -0.304 e. The molecule has 2 aromatic carbocycles. The first-order chi connectivity index (χ1) is 14.2. The predicted molar refractivity (Wildman–Crippen MR) is 126 cm³/mol. The number of rotatable bonds is 4. The number of likely N-dealkylation sites (N-methyl/N-ethyl adjacent to an activating group) is 1. The van der Waals surface area contributed by atoms with Gasteiger partial charge in [-0.3, -0.25) is 4.90 Å².